The predicted molar refractivity (Wildman–Crippen MR) is 116 cm³/mol. The van der Waals surface area contributed by atoms with Crippen LogP contribution in [0.25, 0.3) is 11.5 Å². The van der Waals surface area contributed by atoms with Gasteiger partial charge >= 0.3 is 6.09 Å². The zero-order valence-electron chi connectivity index (χ0n) is 18.2. The van der Waals surface area contributed by atoms with Crippen LogP contribution in [0.5, 0.6) is 0 Å². The van der Waals surface area contributed by atoms with Crippen molar-refractivity contribution in [2.45, 2.75) is 52.0 Å². The maximum Gasteiger partial charge on any atom is 0.408 e. The van der Waals surface area contributed by atoms with Gasteiger partial charge in [0.2, 0.25) is 5.89 Å². The van der Waals surface area contributed by atoms with Crippen molar-refractivity contribution in [3.8, 4) is 11.5 Å². The Bertz CT molecular complexity index is 851. The van der Waals surface area contributed by atoms with Crippen molar-refractivity contribution in [3.63, 3.8) is 0 Å². The summed E-state index contributed by atoms with van der Waals surface area (Å²) in [5.41, 5.74) is 1.15. The van der Waals surface area contributed by atoms with Crippen molar-refractivity contribution in [2.24, 2.45) is 17.3 Å². The Balaban J connectivity index is 1.75. The van der Waals surface area contributed by atoms with Crippen molar-refractivity contribution in [1.82, 2.24) is 15.2 Å². The lowest BCUT2D eigenvalue weighted by Gasteiger charge is -2.57. The molecular weight excluding hydrogens is 378 g/mol. The number of oxazole rings is 1. The molecule has 1 amide bonds. The topological polar surface area (TPSA) is 78.6 Å². The molecule has 2 fully saturated rings. The summed E-state index contributed by atoms with van der Waals surface area (Å²) >= 11 is 0. The fourth-order valence-corrected chi connectivity index (χ4v) is 5.73. The maximum absolute atomic E-state index is 12.4. The normalized spacial score (nSPS) is 26.0. The highest BCUT2D eigenvalue weighted by atomic mass is 16.4. The standard InChI is InChI=1S/C24H33N3O3/c1-23(2,3)24(20-6-4-18(5-7-20)21-26-13-15-30-21)16-19(10-14-27(24)22(28)29)17-8-11-25-12-9-17/h4-7,13,15,17,19,25H,8-12,14,16H2,1-3H3,(H,28,29)/t19?,24-/m0/s1. The second-order valence-corrected chi connectivity index (χ2v) is 9.80. The van der Waals surface area contributed by atoms with Crippen LogP contribution in [0.1, 0.15) is 52.0 Å². The monoisotopic (exact) mass is 411 g/mol. The van der Waals surface area contributed by atoms with E-state index in [1.165, 1.54) is 12.8 Å². The Morgan fingerprint density at radius 2 is 1.87 bits per heavy atom. The van der Waals surface area contributed by atoms with Crippen molar-refractivity contribution in [1.29, 1.82) is 0 Å². The van der Waals surface area contributed by atoms with Crippen molar-refractivity contribution in [2.75, 3.05) is 19.6 Å². The number of amides is 1. The number of nitrogens with one attached hydrogen (secondary N) is 1. The van der Waals surface area contributed by atoms with Gasteiger partial charge in [-0.25, -0.2) is 9.78 Å². The van der Waals surface area contributed by atoms with E-state index >= 15 is 0 Å². The molecule has 3 heterocycles. The number of benzene rings is 1. The van der Waals surface area contributed by atoms with E-state index in [4.69, 9.17) is 4.42 Å². The van der Waals surface area contributed by atoms with Crippen LogP contribution in [-0.4, -0.2) is 40.7 Å². The van der Waals surface area contributed by atoms with Crippen molar-refractivity contribution in [3.05, 3.63) is 42.3 Å². The van der Waals surface area contributed by atoms with Crippen LogP contribution in [0.2, 0.25) is 0 Å². The zero-order valence-corrected chi connectivity index (χ0v) is 18.2. The van der Waals surface area contributed by atoms with Gasteiger partial charge in [0.15, 0.2) is 0 Å². The van der Waals surface area contributed by atoms with E-state index in [1.807, 2.05) is 12.1 Å². The number of hydrogen-bond donors (Lipinski definition) is 2. The molecule has 2 aromatic rings. The first kappa shape index (κ1) is 20.9. The number of piperidine rings is 2. The molecule has 2 saturated heterocycles. The molecule has 0 bridgehead atoms. The van der Waals surface area contributed by atoms with E-state index in [1.54, 1.807) is 17.4 Å². The highest BCUT2D eigenvalue weighted by Gasteiger charge is 2.54. The van der Waals surface area contributed by atoms with E-state index in [2.05, 4.69) is 43.2 Å². The fraction of sp³-hybridized carbons (Fsp3) is 0.583. The molecule has 162 valence electrons. The van der Waals surface area contributed by atoms with E-state index in [0.29, 0.717) is 24.3 Å². The van der Waals surface area contributed by atoms with Gasteiger partial charge < -0.3 is 14.8 Å². The molecule has 2 N–H and O–H groups in total. The molecule has 0 aliphatic carbocycles. The van der Waals surface area contributed by atoms with E-state index in [-0.39, 0.29) is 5.41 Å². The molecule has 30 heavy (non-hydrogen) atoms. The number of rotatable bonds is 3. The SMILES string of the molecule is CC(C)(C)[C@@]1(c2ccc(-c3ncco3)cc2)CC(C2CCNCC2)CCN1C(=O)O. The Morgan fingerprint density at radius 1 is 1.17 bits per heavy atom. The molecular formula is C24H33N3O3. The summed E-state index contributed by atoms with van der Waals surface area (Å²) in [7, 11) is 0. The molecule has 1 unspecified atom stereocenters. The summed E-state index contributed by atoms with van der Waals surface area (Å²) in [6.07, 6.45) is 6.55. The van der Waals surface area contributed by atoms with Crippen LogP contribution < -0.4 is 5.32 Å². The third-order valence-corrected chi connectivity index (χ3v) is 7.31. The van der Waals surface area contributed by atoms with Crippen LogP contribution in [-0.2, 0) is 5.54 Å². The molecule has 2 aliphatic heterocycles. The van der Waals surface area contributed by atoms with Gasteiger partial charge in [-0.05, 0) is 73.7 Å². The van der Waals surface area contributed by atoms with Crippen LogP contribution in [0.15, 0.2) is 41.1 Å². The molecule has 0 spiro atoms. The number of nitrogens with zero attached hydrogens (tertiary/aromatic N) is 2. The van der Waals surface area contributed by atoms with Gasteiger partial charge in [-0.1, -0.05) is 32.9 Å². The lowest BCUT2D eigenvalue weighted by atomic mass is 9.60. The number of hydrogen-bond acceptors (Lipinski definition) is 4. The van der Waals surface area contributed by atoms with Gasteiger partial charge in [0.05, 0.1) is 11.7 Å². The Kier molecular flexibility index (Phi) is 5.62. The van der Waals surface area contributed by atoms with Gasteiger partial charge in [0.25, 0.3) is 0 Å². The van der Waals surface area contributed by atoms with Gasteiger partial charge in [-0.2, -0.15) is 0 Å². The summed E-state index contributed by atoms with van der Waals surface area (Å²) in [6.45, 7) is 9.25. The third-order valence-electron chi connectivity index (χ3n) is 7.31. The van der Waals surface area contributed by atoms with Crippen molar-refractivity contribution < 1.29 is 14.3 Å². The van der Waals surface area contributed by atoms with Gasteiger partial charge in [-0.3, -0.25) is 4.90 Å². The minimum Gasteiger partial charge on any atom is -0.465 e. The largest absolute Gasteiger partial charge is 0.465 e. The van der Waals surface area contributed by atoms with E-state index in [9.17, 15) is 9.90 Å². The minimum atomic E-state index is -0.828. The Hall–Kier alpha value is -2.34. The molecule has 6 heteroatoms. The fourth-order valence-electron chi connectivity index (χ4n) is 5.73. The summed E-state index contributed by atoms with van der Waals surface area (Å²) < 4.78 is 5.43. The highest BCUT2D eigenvalue weighted by Crippen LogP contribution is 2.53. The molecule has 2 aliphatic rings. The molecule has 1 aromatic heterocycles. The molecule has 1 aromatic carbocycles. The Labute approximate surface area is 178 Å². The highest BCUT2D eigenvalue weighted by molar-refractivity contribution is 5.67. The first-order chi connectivity index (χ1) is 14.3. The average Bonchev–Trinajstić information content (AvgIpc) is 3.28. The second kappa shape index (κ2) is 8.06. The lowest BCUT2D eigenvalue weighted by Crippen LogP contribution is -2.61. The van der Waals surface area contributed by atoms with Crippen molar-refractivity contribution >= 4 is 6.09 Å². The second-order valence-electron chi connectivity index (χ2n) is 9.80. The van der Waals surface area contributed by atoms with Crippen LogP contribution in [0.4, 0.5) is 4.79 Å². The van der Waals surface area contributed by atoms with Crippen LogP contribution in [0, 0.1) is 17.3 Å². The molecule has 4 rings (SSSR count). The maximum atomic E-state index is 12.4. The summed E-state index contributed by atoms with van der Waals surface area (Å²) in [6, 6.07) is 8.16. The van der Waals surface area contributed by atoms with E-state index < -0.39 is 11.6 Å². The molecule has 0 radical (unpaired) electrons. The third kappa shape index (κ3) is 3.62. The zero-order chi connectivity index (χ0) is 21.4. The quantitative estimate of drug-likeness (QED) is 0.745. The number of carboxylic acid groups (broad SMARTS) is 1. The summed E-state index contributed by atoms with van der Waals surface area (Å²) in [5, 5.41) is 13.7. The first-order valence-corrected chi connectivity index (χ1v) is 11.0. The van der Waals surface area contributed by atoms with Crippen LogP contribution >= 0.6 is 0 Å². The average molecular weight is 412 g/mol. The summed E-state index contributed by atoms with van der Waals surface area (Å²) in [4.78, 5) is 18.4. The molecule has 6 nitrogen and oxygen atoms in total. The Morgan fingerprint density at radius 3 is 2.43 bits per heavy atom. The first-order valence-electron chi connectivity index (χ1n) is 11.0. The number of carbonyl (C=O) groups is 1. The minimum absolute atomic E-state index is 0.249. The number of aromatic nitrogens is 1. The predicted octanol–water partition coefficient (Wildman–Crippen LogP) is 4.97. The number of likely N-dealkylation sites (tertiary alicyclic amines) is 1. The smallest absolute Gasteiger partial charge is 0.408 e. The van der Waals surface area contributed by atoms with E-state index in [0.717, 1.165) is 37.1 Å². The molecule has 2 atom stereocenters. The molecule has 0 saturated carbocycles. The lowest BCUT2D eigenvalue weighted by molar-refractivity contribution is -0.0595. The van der Waals surface area contributed by atoms with Gasteiger partial charge in [-0.15, -0.1) is 0 Å². The van der Waals surface area contributed by atoms with Gasteiger partial charge in [0, 0.05) is 12.1 Å². The summed E-state index contributed by atoms with van der Waals surface area (Å²) in [5.74, 6) is 1.78. The van der Waals surface area contributed by atoms with Gasteiger partial charge in [0.1, 0.15) is 6.26 Å². The van der Waals surface area contributed by atoms with Crippen LogP contribution in [0.3, 0.4) is 0 Å².